The monoisotopic (exact) mass is 548 g/mol. The van der Waals surface area contributed by atoms with Gasteiger partial charge in [-0.3, -0.25) is 9.59 Å². The topological polar surface area (TPSA) is 92.3 Å². The number of aromatic nitrogens is 1. The summed E-state index contributed by atoms with van der Waals surface area (Å²) in [6.45, 7) is 0.304. The Bertz CT molecular complexity index is 1310. The zero-order valence-corrected chi connectivity index (χ0v) is 21.5. The molecule has 1 heterocycles. The van der Waals surface area contributed by atoms with Crippen molar-refractivity contribution in [1.82, 2.24) is 10.3 Å². The van der Waals surface area contributed by atoms with Gasteiger partial charge in [-0.1, -0.05) is 17.7 Å². The Labute approximate surface area is 223 Å². The minimum Gasteiger partial charge on any atom is -0.384 e. The van der Waals surface area contributed by atoms with E-state index in [-0.39, 0.29) is 35.8 Å². The van der Waals surface area contributed by atoms with Crippen LogP contribution in [0, 0.1) is 0 Å². The number of halogens is 4. The van der Waals surface area contributed by atoms with Crippen LogP contribution in [0.15, 0.2) is 48.5 Å². The molecular formula is C27H28ClF3N4O3. The van der Waals surface area contributed by atoms with E-state index in [1.807, 2.05) is 0 Å². The fourth-order valence-electron chi connectivity index (χ4n) is 4.49. The predicted molar refractivity (Wildman–Crippen MR) is 140 cm³/mol. The maximum absolute atomic E-state index is 13.4. The van der Waals surface area contributed by atoms with Gasteiger partial charge >= 0.3 is 6.18 Å². The number of pyridine rings is 1. The van der Waals surface area contributed by atoms with E-state index < -0.39 is 11.9 Å². The van der Waals surface area contributed by atoms with Crippen LogP contribution in [0.3, 0.4) is 0 Å². The van der Waals surface area contributed by atoms with E-state index in [4.69, 9.17) is 16.3 Å². The Hall–Kier alpha value is -3.37. The number of alkyl halides is 3. The zero-order chi connectivity index (χ0) is 27.3. The highest BCUT2D eigenvalue weighted by Crippen LogP contribution is 2.35. The molecule has 4 rings (SSSR count). The smallest absolute Gasteiger partial charge is 0.384 e. The van der Waals surface area contributed by atoms with Crippen LogP contribution in [0.1, 0.15) is 48.2 Å². The molecule has 0 spiro atoms. The molecule has 2 aromatic carbocycles. The highest BCUT2D eigenvalue weighted by Gasteiger charge is 2.34. The van der Waals surface area contributed by atoms with E-state index in [1.165, 1.54) is 19.2 Å². The predicted octanol–water partition coefficient (Wildman–Crippen LogP) is 6.04. The van der Waals surface area contributed by atoms with E-state index >= 15 is 0 Å². The summed E-state index contributed by atoms with van der Waals surface area (Å²) in [6.07, 6.45) is -1.72. The molecule has 7 nitrogen and oxygen atoms in total. The van der Waals surface area contributed by atoms with Gasteiger partial charge in [0.2, 0.25) is 5.91 Å². The standard InChI is InChI=1S/C27H28ClF3N4O3/c1-38-12-11-25(36)33-20-4-2-3-16(13-20)26(37)34-19-8-6-18(7-9-19)32-23-15-24(27(29,30)31)35-22-10-5-17(28)14-21(22)23/h2-5,10,13-15,18-19H,6-9,11-12H2,1H3,(H,32,35)(H,33,36)(H,34,37). The average Bonchev–Trinajstić information content (AvgIpc) is 2.88. The lowest BCUT2D eigenvalue weighted by molar-refractivity contribution is -0.140. The summed E-state index contributed by atoms with van der Waals surface area (Å²) in [5.74, 6) is -0.458. The van der Waals surface area contributed by atoms with Crippen molar-refractivity contribution in [3.63, 3.8) is 0 Å². The Kier molecular flexibility index (Phi) is 8.73. The van der Waals surface area contributed by atoms with Gasteiger partial charge in [0.15, 0.2) is 0 Å². The summed E-state index contributed by atoms with van der Waals surface area (Å²) in [6, 6.07) is 12.2. The number of ether oxygens (including phenoxy) is 1. The number of carbonyl (C=O) groups excluding carboxylic acids is 2. The molecule has 0 aliphatic heterocycles. The zero-order valence-electron chi connectivity index (χ0n) is 20.7. The van der Waals surface area contributed by atoms with Gasteiger partial charge in [-0.2, -0.15) is 13.2 Å². The molecule has 1 aliphatic rings. The van der Waals surface area contributed by atoms with E-state index in [9.17, 15) is 22.8 Å². The number of benzene rings is 2. The van der Waals surface area contributed by atoms with Gasteiger partial charge in [-0.05, 0) is 68.1 Å². The number of amides is 2. The van der Waals surface area contributed by atoms with Crippen molar-refractivity contribution in [2.45, 2.75) is 50.4 Å². The second-order valence-electron chi connectivity index (χ2n) is 9.25. The number of anilines is 2. The molecule has 0 unspecified atom stereocenters. The Morgan fingerprint density at radius 2 is 1.79 bits per heavy atom. The molecule has 0 atom stereocenters. The maximum atomic E-state index is 13.4. The van der Waals surface area contributed by atoms with Crippen LogP contribution < -0.4 is 16.0 Å². The number of rotatable bonds is 8. The summed E-state index contributed by atoms with van der Waals surface area (Å²) in [5.41, 5.74) is 0.531. The van der Waals surface area contributed by atoms with Gasteiger partial charge in [-0.15, -0.1) is 0 Å². The van der Waals surface area contributed by atoms with Gasteiger partial charge in [0.1, 0.15) is 5.69 Å². The van der Waals surface area contributed by atoms with Crippen molar-refractivity contribution in [1.29, 1.82) is 0 Å². The Morgan fingerprint density at radius 3 is 2.50 bits per heavy atom. The van der Waals surface area contributed by atoms with Crippen LogP contribution >= 0.6 is 11.6 Å². The van der Waals surface area contributed by atoms with Crippen molar-refractivity contribution in [2.24, 2.45) is 0 Å². The number of fused-ring (bicyclic) bond motifs is 1. The minimum absolute atomic E-state index is 0.0699. The van der Waals surface area contributed by atoms with E-state index in [0.29, 0.717) is 59.6 Å². The van der Waals surface area contributed by atoms with Gasteiger partial charge in [0.25, 0.3) is 5.91 Å². The van der Waals surface area contributed by atoms with Crippen molar-refractivity contribution in [2.75, 3.05) is 24.4 Å². The van der Waals surface area contributed by atoms with Crippen molar-refractivity contribution < 1.29 is 27.5 Å². The second-order valence-corrected chi connectivity index (χ2v) is 9.69. The molecule has 38 heavy (non-hydrogen) atoms. The molecule has 1 saturated carbocycles. The third kappa shape index (κ3) is 7.14. The molecule has 2 amide bonds. The summed E-state index contributed by atoms with van der Waals surface area (Å²) in [7, 11) is 1.52. The molecule has 1 fully saturated rings. The van der Waals surface area contributed by atoms with Gasteiger partial charge in [0.05, 0.1) is 18.5 Å². The van der Waals surface area contributed by atoms with Crippen LogP contribution in [0.5, 0.6) is 0 Å². The second kappa shape index (κ2) is 12.0. The van der Waals surface area contributed by atoms with E-state index in [0.717, 1.165) is 6.07 Å². The van der Waals surface area contributed by atoms with Crippen LogP contribution in [-0.4, -0.2) is 42.6 Å². The fourth-order valence-corrected chi connectivity index (χ4v) is 4.66. The number of carbonyl (C=O) groups is 2. The van der Waals surface area contributed by atoms with Crippen molar-refractivity contribution in [3.05, 3.63) is 64.8 Å². The van der Waals surface area contributed by atoms with Crippen molar-refractivity contribution >= 4 is 45.7 Å². The first-order chi connectivity index (χ1) is 18.1. The van der Waals surface area contributed by atoms with Crippen LogP contribution in [-0.2, 0) is 15.7 Å². The summed E-state index contributed by atoms with van der Waals surface area (Å²) in [4.78, 5) is 28.5. The molecule has 11 heteroatoms. The summed E-state index contributed by atoms with van der Waals surface area (Å²) in [5, 5.41) is 9.95. The minimum atomic E-state index is -4.57. The van der Waals surface area contributed by atoms with Gasteiger partial charge in [0, 0.05) is 46.5 Å². The molecule has 202 valence electrons. The Balaban J connectivity index is 1.36. The lowest BCUT2D eigenvalue weighted by Crippen LogP contribution is -2.40. The first-order valence-corrected chi connectivity index (χ1v) is 12.6. The molecule has 1 aliphatic carbocycles. The van der Waals surface area contributed by atoms with Crippen LogP contribution in [0.4, 0.5) is 24.5 Å². The SMILES string of the molecule is COCCC(=O)Nc1cccc(C(=O)NC2CCC(Nc3cc(C(F)(F)F)nc4ccc(Cl)cc34)CC2)c1. The lowest BCUT2D eigenvalue weighted by Gasteiger charge is -2.31. The van der Waals surface area contributed by atoms with Gasteiger partial charge < -0.3 is 20.7 Å². The molecule has 3 aromatic rings. The van der Waals surface area contributed by atoms with E-state index in [1.54, 1.807) is 30.3 Å². The quantitative estimate of drug-likeness (QED) is 0.319. The number of nitrogens with zero attached hydrogens (tertiary/aromatic N) is 1. The molecule has 0 saturated heterocycles. The number of hydrogen-bond donors (Lipinski definition) is 3. The third-order valence-corrected chi connectivity index (χ3v) is 6.66. The van der Waals surface area contributed by atoms with Crippen LogP contribution in [0.2, 0.25) is 5.02 Å². The summed E-state index contributed by atoms with van der Waals surface area (Å²) >= 11 is 6.09. The molecule has 0 radical (unpaired) electrons. The first-order valence-electron chi connectivity index (χ1n) is 12.3. The maximum Gasteiger partial charge on any atom is 0.433 e. The molecular weight excluding hydrogens is 521 g/mol. The lowest BCUT2D eigenvalue weighted by atomic mass is 9.90. The largest absolute Gasteiger partial charge is 0.433 e. The number of methoxy groups -OCH3 is 1. The third-order valence-electron chi connectivity index (χ3n) is 6.42. The highest BCUT2D eigenvalue weighted by molar-refractivity contribution is 6.31. The number of nitrogens with one attached hydrogen (secondary N) is 3. The molecule has 0 bridgehead atoms. The van der Waals surface area contributed by atoms with Crippen LogP contribution in [0.25, 0.3) is 10.9 Å². The fraction of sp³-hybridized carbons (Fsp3) is 0.370. The summed E-state index contributed by atoms with van der Waals surface area (Å²) < 4.78 is 45.2. The van der Waals surface area contributed by atoms with E-state index in [2.05, 4.69) is 20.9 Å². The number of hydrogen-bond acceptors (Lipinski definition) is 5. The normalized spacial score (nSPS) is 17.7. The van der Waals surface area contributed by atoms with Crippen molar-refractivity contribution in [3.8, 4) is 0 Å². The highest BCUT2D eigenvalue weighted by atomic mass is 35.5. The van der Waals surface area contributed by atoms with Gasteiger partial charge in [-0.25, -0.2) is 4.98 Å². The molecule has 1 aromatic heterocycles. The first kappa shape index (κ1) is 27.7. The Morgan fingerprint density at radius 1 is 1.05 bits per heavy atom. The molecule has 3 N–H and O–H groups in total. The average molecular weight is 549 g/mol.